The molecule has 8 aliphatic rings. The lowest BCUT2D eigenvalue weighted by Gasteiger charge is -2.53. The van der Waals surface area contributed by atoms with E-state index < -0.39 is 11.9 Å². The molecule has 3 N–H and O–H groups in total. The van der Waals surface area contributed by atoms with Gasteiger partial charge in [0, 0.05) is 138 Å². The Bertz CT molecular complexity index is 2960. The number of carbonyl (C=O) groups is 3. The first kappa shape index (κ1) is 44.9. The SMILES string of the molecule is CCc1cccc2cc(O)cc(-c3ncc4c(N5CC6CCC(C5)N6)nc(OCC5(CN6CC(N7CC(CN8CCN(c9ccc%10c(c9)CN([C@H]9CCC(=O)NC9=O)C%10=O)CC8)C7)C6)CC5)nc4c3F)c12. The van der Waals surface area contributed by atoms with Crippen molar-refractivity contribution in [1.29, 1.82) is 0 Å². The Balaban J connectivity index is 0.612. The van der Waals surface area contributed by atoms with Crippen molar-refractivity contribution in [3.63, 3.8) is 0 Å². The number of imide groups is 1. The van der Waals surface area contributed by atoms with E-state index in [1.165, 1.54) is 0 Å². The topological polar surface area (TPSA) is 163 Å². The number of halogens is 1. The number of hydrogen-bond donors (Lipinski definition) is 3. The molecule has 3 atom stereocenters. The third kappa shape index (κ3) is 8.31. The maximum absolute atomic E-state index is 17.2. The Morgan fingerprint density at radius 3 is 2.44 bits per heavy atom. The van der Waals surface area contributed by atoms with E-state index in [1.807, 2.05) is 30.3 Å². The predicted molar refractivity (Wildman–Crippen MR) is 267 cm³/mol. The molecule has 370 valence electrons. The second kappa shape index (κ2) is 17.6. The van der Waals surface area contributed by atoms with E-state index in [2.05, 4.69) is 48.1 Å². The van der Waals surface area contributed by atoms with E-state index in [9.17, 15) is 19.5 Å². The Labute approximate surface area is 412 Å². The van der Waals surface area contributed by atoms with Crippen LogP contribution in [0.4, 0.5) is 15.9 Å². The van der Waals surface area contributed by atoms with Gasteiger partial charge in [0.25, 0.3) is 5.91 Å². The lowest BCUT2D eigenvalue weighted by Crippen LogP contribution is -2.67. The molecule has 71 heavy (non-hydrogen) atoms. The number of benzene rings is 3. The highest BCUT2D eigenvalue weighted by Crippen LogP contribution is 2.48. The molecule has 7 aliphatic heterocycles. The van der Waals surface area contributed by atoms with E-state index >= 15 is 4.39 Å². The number of piperazine rings is 2. The Hall–Kier alpha value is -6.01. The van der Waals surface area contributed by atoms with Crippen LogP contribution in [-0.2, 0) is 22.6 Å². The summed E-state index contributed by atoms with van der Waals surface area (Å²) in [4.78, 5) is 66.1. The molecule has 0 radical (unpaired) electrons. The lowest BCUT2D eigenvalue weighted by atomic mass is 9.93. The molecular formula is C54H62FN11O5. The van der Waals surface area contributed by atoms with Gasteiger partial charge in [-0.25, -0.2) is 4.39 Å². The molecule has 5 aromatic rings. The molecule has 17 heteroatoms. The van der Waals surface area contributed by atoms with E-state index in [-0.39, 0.29) is 52.5 Å². The van der Waals surface area contributed by atoms with Crippen molar-refractivity contribution in [2.45, 2.75) is 82.6 Å². The number of amides is 3. The van der Waals surface area contributed by atoms with Gasteiger partial charge in [0.1, 0.15) is 28.8 Å². The van der Waals surface area contributed by atoms with Crippen LogP contribution >= 0.6 is 0 Å². The number of piperidine rings is 1. The van der Waals surface area contributed by atoms with Gasteiger partial charge in [-0.2, -0.15) is 9.97 Å². The number of ether oxygens (including phenoxy) is 1. The number of hydrogen-bond acceptors (Lipinski definition) is 14. The van der Waals surface area contributed by atoms with Gasteiger partial charge < -0.3 is 29.9 Å². The lowest BCUT2D eigenvalue weighted by molar-refractivity contribution is -0.136. The molecule has 0 spiro atoms. The molecule has 6 saturated heterocycles. The summed E-state index contributed by atoms with van der Waals surface area (Å²) in [5, 5.41) is 19.2. The van der Waals surface area contributed by atoms with Crippen molar-refractivity contribution in [2.75, 3.05) is 94.9 Å². The highest BCUT2D eigenvalue weighted by atomic mass is 19.1. The molecule has 1 saturated carbocycles. The van der Waals surface area contributed by atoms with Crippen molar-refractivity contribution in [2.24, 2.45) is 11.3 Å². The first-order valence-electron chi connectivity index (χ1n) is 26.0. The molecule has 16 nitrogen and oxygen atoms in total. The van der Waals surface area contributed by atoms with Crippen LogP contribution in [0.2, 0.25) is 0 Å². The predicted octanol–water partition coefficient (Wildman–Crippen LogP) is 4.55. The van der Waals surface area contributed by atoms with E-state index in [0.29, 0.717) is 65.9 Å². The van der Waals surface area contributed by atoms with Crippen LogP contribution in [-0.4, -0.2) is 167 Å². The third-order valence-corrected chi connectivity index (χ3v) is 17.1. The quantitative estimate of drug-likeness (QED) is 0.141. The number of likely N-dealkylation sites (tertiary alicyclic amines) is 2. The molecule has 1 aliphatic carbocycles. The number of aryl methyl sites for hydroxylation is 1. The number of phenolic OH excluding ortho intramolecular Hbond substituents is 1. The van der Waals surface area contributed by atoms with Gasteiger partial charge in [-0.3, -0.25) is 39.4 Å². The van der Waals surface area contributed by atoms with Gasteiger partial charge in [-0.15, -0.1) is 0 Å². The maximum atomic E-state index is 17.2. The molecule has 2 aromatic heterocycles. The number of pyridine rings is 1. The van der Waals surface area contributed by atoms with Crippen LogP contribution in [0.1, 0.15) is 66.9 Å². The van der Waals surface area contributed by atoms with E-state index in [1.54, 1.807) is 23.2 Å². The minimum absolute atomic E-state index is 0.0313. The number of aromatic nitrogens is 3. The summed E-state index contributed by atoms with van der Waals surface area (Å²) < 4.78 is 23.7. The standard InChI is InChI=1S/C54H62FN11O5/c1-2-33-4-3-5-34-19-40(67)20-42(46(33)34)48-47(55)49-43(21-56-48)50(65-26-36-6-7-37(27-65)57-36)60-53(59-49)71-31-54(12-13-54)30-62-28-39(29-62)64-23-32(24-64)22-61-14-16-63(17-15-61)38-8-9-41-35(18-38)25-66(52(41)70)44-10-11-45(68)58-51(44)69/h3-5,8-9,18-21,32,36-37,39,44,57,67H,2,6-7,10-17,22-31H2,1H3,(H,58,68,69)/t36?,37?,44-/m0/s1. The van der Waals surface area contributed by atoms with Crippen molar-refractivity contribution < 1.29 is 28.6 Å². The van der Waals surface area contributed by atoms with Crippen LogP contribution in [0, 0.1) is 17.2 Å². The van der Waals surface area contributed by atoms with Gasteiger partial charge >= 0.3 is 6.01 Å². The summed E-state index contributed by atoms with van der Waals surface area (Å²) in [6, 6.07) is 16.2. The summed E-state index contributed by atoms with van der Waals surface area (Å²) >= 11 is 0. The first-order chi connectivity index (χ1) is 34.5. The average molecular weight is 964 g/mol. The second-order valence-electron chi connectivity index (χ2n) is 21.9. The average Bonchev–Trinajstić information content (AvgIpc) is 3.93. The van der Waals surface area contributed by atoms with Crippen molar-refractivity contribution in [1.82, 2.24) is 45.2 Å². The third-order valence-electron chi connectivity index (χ3n) is 17.1. The van der Waals surface area contributed by atoms with Crippen molar-refractivity contribution in [3.8, 4) is 23.0 Å². The molecule has 2 bridgehead atoms. The van der Waals surface area contributed by atoms with Gasteiger partial charge in [0.2, 0.25) is 11.8 Å². The summed E-state index contributed by atoms with van der Waals surface area (Å²) in [7, 11) is 0. The summed E-state index contributed by atoms with van der Waals surface area (Å²) in [5.74, 6) is 0.0777. The van der Waals surface area contributed by atoms with Gasteiger partial charge in [-0.1, -0.05) is 25.1 Å². The number of nitrogens with zero attached hydrogens (tertiary/aromatic N) is 9. The highest BCUT2D eigenvalue weighted by molar-refractivity contribution is 6.06. The Morgan fingerprint density at radius 1 is 0.873 bits per heavy atom. The number of fused-ring (bicyclic) bond motifs is 5. The minimum Gasteiger partial charge on any atom is -0.508 e. The molecule has 3 aromatic carbocycles. The number of carbonyl (C=O) groups excluding carboxylic acids is 3. The summed E-state index contributed by atoms with van der Waals surface area (Å²) in [6.45, 7) is 14.9. The monoisotopic (exact) mass is 963 g/mol. The van der Waals surface area contributed by atoms with Crippen LogP contribution in [0.25, 0.3) is 32.9 Å². The normalized spacial score (nSPS) is 25.0. The molecule has 2 unspecified atom stereocenters. The summed E-state index contributed by atoms with van der Waals surface area (Å²) in [5.41, 5.74) is 4.70. The zero-order valence-corrected chi connectivity index (χ0v) is 40.4. The maximum Gasteiger partial charge on any atom is 0.319 e. The smallest absolute Gasteiger partial charge is 0.319 e. The van der Waals surface area contributed by atoms with Crippen molar-refractivity contribution in [3.05, 3.63) is 77.2 Å². The number of anilines is 2. The molecule has 9 heterocycles. The van der Waals surface area contributed by atoms with Crippen molar-refractivity contribution >= 4 is 50.9 Å². The van der Waals surface area contributed by atoms with Crippen LogP contribution in [0.5, 0.6) is 11.8 Å². The fourth-order valence-corrected chi connectivity index (χ4v) is 12.9. The zero-order valence-electron chi connectivity index (χ0n) is 40.4. The second-order valence-corrected chi connectivity index (χ2v) is 21.9. The van der Waals surface area contributed by atoms with Gasteiger partial charge in [-0.05, 0) is 96.7 Å². The van der Waals surface area contributed by atoms with Crippen LogP contribution < -0.4 is 25.2 Å². The van der Waals surface area contributed by atoms with Crippen LogP contribution in [0.15, 0.2) is 54.7 Å². The van der Waals surface area contributed by atoms with E-state index in [0.717, 1.165) is 138 Å². The zero-order chi connectivity index (χ0) is 48.1. The minimum atomic E-state index is -0.601. The Kier molecular flexibility index (Phi) is 11.2. The van der Waals surface area contributed by atoms with Gasteiger partial charge in [0.15, 0.2) is 5.82 Å². The molecular weight excluding hydrogens is 902 g/mol. The number of nitrogens with one attached hydrogen (secondary N) is 2. The largest absolute Gasteiger partial charge is 0.508 e. The highest BCUT2D eigenvalue weighted by Gasteiger charge is 2.49. The van der Waals surface area contributed by atoms with Gasteiger partial charge in [0.05, 0.1) is 12.0 Å². The number of rotatable bonds is 13. The molecule has 13 rings (SSSR count). The van der Waals surface area contributed by atoms with Crippen LogP contribution in [0.3, 0.4) is 0 Å². The summed E-state index contributed by atoms with van der Waals surface area (Å²) in [6.07, 6.45) is 7.45. The number of aromatic hydroxyl groups is 1. The number of phenols is 1. The van der Waals surface area contributed by atoms with E-state index in [4.69, 9.17) is 19.7 Å². The Morgan fingerprint density at radius 2 is 1.68 bits per heavy atom. The first-order valence-corrected chi connectivity index (χ1v) is 26.0. The fourth-order valence-electron chi connectivity index (χ4n) is 12.9. The molecule has 7 fully saturated rings. The molecule has 3 amide bonds. The fraction of sp³-hybridized carbons (Fsp3) is 0.519.